The highest BCUT2D eigenvalue weighted by Gasteiger charge is 2.19. The van der Waals surface area contributed by atoms with Crippen molar-refractivity contribution in [3.8, 4) is 5.75 Å². The summed E-state index contributed by atoms with van der Waals surface area (Å²) in [5.74, 6) is -0.133. The molecule has 1 atom stereocenters. The van der Waals surface area contributed by atoms with Crippen molar-refractivity contribution < 1.29 is 9.90 Å². The number of anilines is 1. The zero-order valence-corrected chi connectivity index (χ0v) is 12.8. The number of carbonyl (C=O) groups excluding carboxylic acids is 1. The molecule has 0 saturated heterocycles. The molecular formula is C16H21N3O2. The topological polar surface area (TPSA) is 67.2 Å². The van der Waals surface area contributed by atoms with E-state index in [4.69, 9.17) is 0 Å². The van der Waals surface area contributed by atoms with E-state index < -0.39 is 6.04 Å². The van der Waals surface area contributed by atoms with E-state index in [2.05, 4.69) is 10.4 Å². The lowest BCUT2D eigenvalue weighted by atomic mass is 10.1. The summed E-state index contributed by atoms with van der Waals surface area (Å²) in [5.41, 5.74) is 3.30. The van der Waals surface area contributed by atoms with Crippen molar-refractivity contribution in [1.82, 2.24) is 9.78 Å². The molecule has 2 N–H and O–H groups in total. The lowest BCUT2D eigenvalue weighted by Crippen LogP contribution is -2.25. The number of hydrogen-bond donors (Lipinski definition) is 2. The highest BCUT2D eigenvalue weighted by Crippen LogP contribution is 2.25. The minimum Gasteiger partial charge on any atom is -0.506 e. The third kappa shape index (κ3) is 3.24. The molecule has 1 amide bonds. The first-order chi connectivity index (χ1) is 9.92. The van der Waals surface area contributed by atoms with Crippen LogP contribution in [0.1, 0.15) is 36.8 Å². The molecular weight excluding hydrogens is 266 g/mol. The fourth-order valence-corrected chi connectivity index (χ4v) is 2.29. The number of carbonyl (C=O) groups is 1. The summed E-state index contributed by atoms with van der Waals surface area (Å²) in [7, 11) is 0. The predicted octanol–water partition coefficient (Wildman–Crippen LogP) is 2.97. The zero-order chi connectivity index (χ0) is 15.6. The van der Waals surface area contributed by atoms with Gasteiger partial charge in [0.15, 0.2) is 0 Å². The molecule has 2 aromatic rings. The van der Waals surface area contributed by atoms with Crippen LogP contribution in [-0.2, 0) is 11.2 Å². The molecule has 5 heteroatoms. The van der Waals surface area contributed by atoms with Gasteiger partial charge >= 0.3 is 0 Å². The number of benzene rings is 1. The molecule has 0 aliphatic heterocycles. The summed E-state index contributed by atoms with van der Waals surface area (Å²) in [4.78, 5) is 12.3. The number of phenols is 1. The maximum Gasteiger partial charge on any atom is 0.249 e. The third-order valence-corrected chi connectivity index (χ3v) is 3.52. The largest absolute Gasteiger partial charge is 0.506 e. The summed E-state index contributed by atoms with van der Waals surface area (Å²) in [6.45, 7) is 7.62. The van der Waals surface area contributed by atoms with Crippen LogP contribution >= 0.6 is 0 Å². The van der Waals surface area contributed by atoms with Crippen LogP contribution < -0.4 is 5.32 Å². The summed E-state index contributed by atoms with van der Waals surface area (Å²) < 4.78 is 1.69. The smallest absolute Gasteiger partial charge is 0.249 e. The first kappa shape index (κ1) is 15.1. The first-order valence-corrected chi connectivity index (χ1v) is 7.08. The average Bonchev–Trinajstić information content (AvgIpc) is 2.79. The molecule has 1 aromatic heterocycles. The average molecular weight is 287 g/mol. The van der Waals surface area contributed by atoms with Crippen LogP contribution in [0, 0.1) is 13.8 Å². The number of amides is 1. The molecule has 0 bridgehead atoms. The molecule has 0 spiro atoms. The van der Waals surface area contributed by atoms with E-state index in [9.17, 15) is 9.90 Å². The maximum atomic E-state index is 12.3. The van der Waals surface area contributed by atoms with Gasteiger partial charge in [0, 0.05) is 5.69 Å². The van der Waals surface area contributed by atoms with Gasteiger partial charge in [-0.1, -0.05) is 13.0 Å². The molecule has 112 valence electrons. The van der Waals surface area contributed by atoms with Crippen molar-refractivity contribution in [2.75, 3.05) is 5.32 Å². The quantitative estimate of drug-likeness (QED) is 0.850. The van der Waals surface area contributed by atoms with Gasteiger partial charge in [-0.2, -0.15) is 5.10 Å². The molecule has 2 rings (SSSR count). The van der Waals surface area contributed by atoms with Gasteiger partial charge < -0.3 is 10.4 Å². The molecule has 21 heavy (non-hydrogen) atoms. The third-order valence-electron chi connectivity index (χ3n) is 3.52. The van der Waals surface area contributed by atoms with E-state index in [1.165, 1.54) is 0 Å². The molecule has 0 saturated carbocycles. The van der Waals surface area contributed by atoms with Crippen molar-refractivity contribution >= 4 is 11.6 Å². The number of nitrogens with one attached hydrogen (secondary N) is 1. The van der Waals surface area contributed by atoms with E-state index >= 15 is 0 Å². The van der Waals surface area contributed by atoms with E-state index in [1.54, 1.807) is 23.7 Å². The van der Waals surface area contributed by atoms with E-state index in [0.29, 0.717) is 5.69 Å². The Morgan fingerprint density at radius 1 is 1.38 bits per heavy atom. The van der Waals surface area contributed by atoms with Gasteiger partial charge in [0.25, 0.3) is 0 Å². The number of rotatable bonds is 4. The number of aryl methyl sites for hydroxylation is 3. The summed E-state index contributed by atoms with van der Waals surface area (Å²) in [6.07, 6.45) is 0.843. The van der Waals surface area contributed by atoms with Crippen molar-refractivity contribution in [1.29, 1.82) is 0 Å². The van der Waals surface area contributed by atoms with E-state index in [1.807, 2.05) is 32.9 Å². The van der Waals surface area contributed by atoms with Crippen molar-refractivity contribution in [3.63, 3.8) is 0 Å². The Morgan fingerprint density at radius 2 is 2.10 bits per heavy atom. The number of phenolic OH excluding ortho intramolecular Hbond substituents is 1. The number of aromatic nitrogens is 2. The van der Waals surface area contributed by atoms with Crippen molar-refractivity contribution in [2.24, 2.45) is 0 Å². The lowest BCUT2D eigenvalue weighted by Gasteiger charge is -2.15. The molecule has 1 heterocycles. The monoisotopic (exact) mass is 287 g/mol. The van der Waals surface area contributed by atoms with Gasteiger partial charge in [-0.25, -0.2) is 0 Å². The van der Waals surface area contributed by atoms with Crippen molar-refractivity contribution in [2.45, 2.75) is 40.2 Å². The highest BCUT2D eigenvalue weighted by molar-refractivity contribution is 5.94. The predicted molar refractivity (Wildman–Crippen MR) is 82.5 cm³/mol. The standard InChI is InChI=1S/C16H21N3O2/c1-5-13-6-7-15(20)14(9-13)17-16(21)12(4)19-11(3)8-10(2)18-19/h6-9,12,20H,5H2,1-4H3,(H,17,21). The molecule has 1 aromatic carbocycles. The number of hydrogen-bond acceptors (Lipinski definition) is 3. The molecule has 1 unspecified atom stereocenters. The van der Waals surface area contributed by atoms with Crippen molar-refractivity contribution in [3.05, 3.63) is 41.2 Å². The Hall–Kier alpha value is -2.30. The Kier molecular flexibility index (Phi) is 4.31. The van der Waals surface area contributed by atoms with Crippen LogP contribution in [0.4, 0.5) is 5.69 Å². The molecule has 0 fully saturated rings. The van der Waals surface area contributed by atoms with Crippen LogP contribution in [0.3, 0.4) is 0 Å². The second kappa shape index (κ2) is 5.99. The Balaban J connectivity index is 2.19. The van der Waals surface area contributed by atoms with Gasteiger partial charge in [0.05, 0.1) is 11.4 Å². The van der Waals surface area contributed by atoms with Gasteiger partial charge in [-0.15, -0.1) is 0 Å². The first-order valence-electron chi connectivity index (χ1n) is 7.08. The van der Waals surface area contributed by atoms with Crippen LogP contribution in [0.15, 0.2) is 24.3 Å². The van der Waals surface area contributed by atoms with Crippen LogP contribution in [0.5, 0.6) is 5.75 Å². The Bertz CT molecular complexity index is 662. The van der Waals surface area contributed by atoms with E-state index in [-0.39, 0.29) is 11.7 Å². The minimum atomic E-state index is -0.441. The van der Waals surface area contributed by atoms with Gasteiger partial charge in [-0.3, -0.25) is 9.48 Å². The van der Waals surface area contributed by atoms with Gasteiger partial charge in [-0.05, 0) is 51.0 Å². The van der Waals surface area contributed by atoms with E-state index in [0.717, 1.165) is 23.4 Å². The summed E-state index contributed by atoms with van der Waals surface area (Å²) >= 11 is 0. The Morgan fingerprint density at radius 3 is 2.67 bits per heavy atom. The number of nitrogens with zero attached hydrogens (tertiary/aromatic N) is 2. The molecule has 0 aliphatic rings. The fourth-order valence-electron chi connectivity index (χ4n) is 2.29. The number of aromatic hydroxyl groups is 1. The summed E-state index contributed by atoms with van der Waals surface area (Å²) in [6, 6.07) is 6.72. The minimum absolute atomic E-state index is 0.0705. The SMILES string of the molecule is CCc1ccc(O)c(NC(=O)C(C)n2nc(C)cc2C)c1. The van der Waals surface area contributed by atoms with Crippen LogP contribution in [0.25, 0.3) is 0 Å². The van der Waals surface area contributed by atoms with Crippen LogP contribution in [-0.4, -0.2) is 20.8 Å². The normalized spacial score (nSPS) is 12.2. The zero-order valence-electron chi connectivity index (χ0n) is 12.8. The van der Waals surface area contributed by atoms with Gasteiger partial charge in [0.2, 0.25) is 5.91 Å². The van der Waals surface area contributed by atoms with Crippen LogP contribution in [0.2, 0.25) is 0 Å². The summed E-state index contributed by atoms with van der Waals surface area (Å²) in [5, 5.41) is 16.9. The van der Waals surface area contributed by atoms with Gasteiger partial charge in [0.1, 0.15) is 11.8 Å². The lowest BCUT2D eigenvalue weighted by molar-refractivity contribution is -0.119. The second-order valence-corrected chi connectivity index (χ2v) is 5.24. The second-order valence-electron chi connectivity index (χ2n) is 5.24. The fraction of sp³-hybridized carbons (Fsp3) is 0.375. The molecule has 0 radical (unpaired) electrons. The molecule has 0 aliphatic carbocycles. The highest BCUT2D eigenvalue weighted by atomic mass is 16.3. The Labute approximate surface area is 124 Å². The maximum absolute atomic E-state index is 12.3. The molecule has 5 nitrogen and oxygen atoms in total.